The fourth-order valence-electron chi connectivity index (χ4n) is 1.79. The van der Waals surface area contributed by atoms with E-state index < -0.39 is 11.6 Å². The Labute approximate surface area is 126 Å². The van der Waals surface area contributed by atoms with Gasteiger partial charge in [-0.2, -0.15) is 0 Å². The molecule has 0 radical (unpaired) electrons. The zero-order chi connectivity index (χ0) is 14.5. The van der Waals surface area contributed by atoms with E-state index in [9.17, 15) is 8.78 Å². The number of hydrogen-bond donors (Lipinski definition) is 1. The first-order valence-electron chi connectivity index (χ1n) is 6.12. The predicted octanol–water partition coefficient (Wildman–Crippen LogP) is 4.28. The van der Waals surface area contributed by atoms with Crippen molar-refractivity contribution >= 4 is 23.4 Å². The van der Waals surface area contributed by atoms with Crippen molar-refractivity contribution in [2.45, 2.75) is 17.4 Å². The van der Waals surface area contributed by atoms with Crippen molar-refractivity contribution in [2.24, 2.45) is 5.73 Å². The van der Waals surface area contributed by atoms with Crippen LogP contribution in [0, 0.1) is 11.6 Å². The standard InChI is InChI=1S/C15H14ClF2NS/c16-11-2-1-3-14(7-11)20-9-13(19)6-10-4-5-12(17)8-15(10)18/h1-5,7-8,13H,6,9,19H2. The molecule has 2 aromatic rings. The number of hydrogen-bond acceptors (Lipinski definition) is 2. The highest BCUT2D eigenvalue weighted by Crippen LogP contribution is 2.22. The largest absolute Gasteiger partial charge is 0.327 e. The number of nitrogens with two attached hydrogens (primary N) is 1. The normalized spacial score (nSPS) is 12.4. The first-order chi connectivity index (χ1) is 9.54. The summed E-state index contributed by atoms with van der Waals surface area (Å²) < 4.78 is 26.3. The van der Waals surface area contributed by atoms with Crippen molar-refractivity contribution in [1.29, 1.82) is 0 Å². The van der Waals surface area contributed by atoms with Gasteiger partial charge in [0.05, 0.1) is 0 Å². The Morgan fingerprint density at radius 1 is 1.15 bits per heavy atom. The second-order valence-corrected chi connectivity index (χ2v) is 6.00. The number of thioether (sulfide) groups is 1. The molecule has 0 aliphatic rings. The van der Waals surface area contributed by atoms with Crippen LogP contribution < -0.4 is 5.73 Å². The lowest BCUT2D eigenvalue weighted by atomic mass is 10.1. The molecule has 0 aromatic heterocycles. The molecule has 0 spiro atoms. The minimum atomic E-state index is -0.576. The van der Waals surface area contributed by atoms with E-state index in [4.69, 9.17) is 17.3 Å². The predicted molar refractivity (Wildman–Crippen MR) is 80.2 cm³/mol. The Morgan fingerprint density at radius 2 is 1.95 bits per heavy atom. The van der Waals surface area contributed by atoms with Crippen LogP contribution in [-0.2, 0) is 6.42 Å². The minimum absolute atomic E-state index is 0.209. The minimum Gasteiger partial charge on any atom is -0.327 e. The smallest absolute Gasteiger partial charge is 0.129 e. The van der Waals surface area contributed by atoms with Crippen molar-refractivity contribution in [3.63, 3.8) is 0 Å². The molecule has 0 fully saturated rings. The van der Waals surface area contributed by atoms with Gasteiger partial charge in [0.1, 0.15) is 11.6 Å². The van der Waals surface area contributed by atoms with E-state index in [1.165, 1.54) is 12.1 Å². The first-order valence-corrected chi connectivity index (χ1v) is 7.49. The maximum Gasteiger partial charge on any atom is 0.129 e. The Balaban J connectivity index is 1.90. The van der Waals surface area contributed by atoms with Crippen LogP contribution in [0.15, 0.2) is 47.4 Å². The molecular weight excluding hydrogens is 300 g/mol. The topological polar surface area (TPSA) is 26.0 Å². The lowest BCUT2D eigenvalue weighted by molar-refractivity contribution is 0.565. The van der Waals surface area contributed by atoms with Gasteiger partial charge in [0.2, 0.25) is 0 Å². The molecule has 1 atom stereocenters. The maximum absolute atomic E-state index is 13.5. The Morgan fingerprint density at radius 3 is 2.65 bits per heavy atom. The van der Waals surface area contributed by atoms with Gasteiger partial charge >= 0.3 is 0 Å². The number of halogens is 3. The third kappa shape index (κ3) is 4.47. The Bertz CT molecular complexity index is 592. The van der Waals surface area contributed by atoms with Gasteiger partial charge in [0, 0.05) is 27.8 Å². The van der Waals surface area contributed by atoms with E-state index in [0.717, 1.165) is 11.0 Å². The molecule has 0 amide bonds. The van der Waals surface area contributed by atoms with Gasteiger partial charge in [0.15, 0.2) is 0 Å². The zero-order valence-corrected chi connectivity index (χ0v) is 12.2. The molecule has 2 aromatic carbocycles. The summed E-state index contributed by atoms with van der Waals surface area (Å²) in [6, 6.07) is 10.8. The van der Waals surface area contributed by atoms with Gasteiger partial charge in [-0.15, -0.1) is 11.8 Å². The summed E-state index contributed by atoms with van der Waals surface area (Å²) in [6.45, 7) is 0. The first kappa shape index (κ1) is 15.3. The van der Waals surface area contributed by atoms with Crippen molar-refractivity contribution in [1.82, 2.24) is 0 Å². The fourth-order valence-corrected chi connectivity index (χ4v) is 2.95. The lowest BCUT2D eigenvalue weighted by Gasteiger charge is -2.12. The third-order valence-electron chi connectivity index (χ3n) is 2.76. The van der Waals surface area contributed by atoms with E-state index in [1.54, 1.807) is 17.8 Å². The van der Waals surface area contributed by atoms with Gasteiger partial charge in [0.25, 0.3) is 0 Å². The molecule has 0 aliphatic carbocycles. The lowest BCUT2D eigenvalue weighted by Crippen LogP contribution is -2.26. The average Bonchev–Trinajstić information content (AvgIpc) is 2.40. The summed E-state index contributed by atoms with van der Waals surface area (Å²) in [5, 5.41) is 0.674. The van der Waals surface area contributed by atoms with Crippen molar-refractivity contribution in [2.75, 3.05) is 5.75 Å². The van der Waals surface area contributed by atoms with Crippen LogP contribution in [-0.4, -0.2) is 11.8 Å². The summed E-state index contributed by atoms with van der Waals surface area (Å²) in [5.74, 6) is -0.488. The fraction of sp³-hybridized carbons (Fsp3) is 0.200. The molecule has 20 heavy (non-hydrogen) atoms. The molecular formula is C15H14ClF2NS. The van der Waals surface area contributed by atoms with Crippen LogP contribution in [0.5, 0.6) is 0 Å². The van der Waals surface area contributed by atoms with E-state index >= 15 is 0 Å². The second-order valence-electron chi connectivity index (χ2n) is 4.47. The van der Waals surface area contributed by atoms with E-state index in [-0.39, 0.29) is 6.04 Å². The van der Waals surface area contributed by atoms with Gasteiger partial charge < -0.3 is 5.73 Å². The van der Waals surface area contributed by atoms with Crippen LogP contribution in [0.2, 0.25) is 5.02 Å². The Hall–Kier alpha value is -1.10. The SMILES string of the molecule is NC(CSc1cccc(Cl)c1)Cc1ccc(F)cc1F. The van der Waals surface area contributed by atoms with E-state index in [1.807, 2.05) is 18.2 Å². The summed E-state index contributed by atoms with van der Waals surface area (Å²) >= 11 is 7.46. The quantitative estimate of drug-likeness (QED) is 0.834. The van der Waals surface area contributed by atoms with E-state index in [0.29, 0.717) is 22.8 Å². The van der Waals surface area contributed by atoms with Gasteiger partial charge in [-0.05, 0) is 36.2 Å². The highest BCUT2D eigenvalue weighted by molar-refractivity contribution is 7.99. The highest BCUT2D eigenvalue weighted by Gasteiger charge is 2.10. The van der Waals surface area contributed by atoms with Crippen LogP contribution in [0.1, 0.15) is 5.56 Å². The van der Waals surface area contributed by atoms with E-state index in [2.05, 4.69) is 0 Å². The van der Waals surface area contributed by atoms with Crippen molar-refractivity contribution < 1.29 is 8.78 Å². The monoisotopic (exact) mass is 313 g/mol. The molecule has 0 saturated heterocycles. The molecule has 0 saturated carbocycles. The molecule has 0 heterocycles. The van der Waals surface area contributed by atoms with Crippen LogP contribution in [0.3, 0.4) is 0 Å². The van der Waals surface area contributed by atoms with Crippen LogP contribution >= 0.6 is 23.4 Å². The van der Waals surface area contributed by atoms with Crippen molar-refractivity contribution in [3.8, 4) is 0 Å². The maximum atomic E-state index is 13.5. The summed E-state index contributed by atoms with van der Waals surface area (Å²) in [4.78, 5) is 1.02. The summed E-state index contributed by atoms with van der Waals surface area (Å²) in [6.07, 6.45) is 0.375. The molecule has 2 rings (SSSR count). The molecule has 1 nitrogen and oxygen atoms in total. The molecule has 2 N–H and O–H groups in total. The average molecular weight is 314 g/mol. The van der Waals surface area contributed by atoms with Crippen molar-refractivity contribution in [3.05, 3.63) is 64.7 Å². The molecule has 0 bridgehead atoms. The van der Waals surface area contributed by atoms with Gasteiger partial charge in [-0.25, -0.2) is 8.78 Å². The van der Waals surface area contributed by atoms with Gasteiger partial charge in [-0.1, -0.05) is 23.7 Å². The number of rotatable bonds is 5. The molecule has 5 heteroatoms. The zero-order valence-electron chi connectivity index (χ0n) is 10.7. The number of benzene rings is 2. The van der Waals surface area contributed by atoms with Crippen LogP contribution in [0.4, 0.5) is 8.78 Å². The third-order valence-corrected chi connectivity index (χ3v) is 4.17. The molecule has 106 valence electrons. The second kappa shape index (κ2) is 7.07. The Kier molecular flexibility index (Phi) is 5.40. The highest BCUT2D eigenvalue weighted by atomic mass is 35.5. The molecule has 0 aliphatic heterocycles. The summed E-state index contributed by atoms with van der Waals surface area (Å²) in [7, 11) is 0. The molecule has 1 unspecified atom stereocenters. The van der Waals surface area contributed by atoms with Crippen LogP contribution in [0.25, 0.3) is 0 Å². The van der Waals surface area contributed by atoms with Gasteiger partial charge in [-0.3, -0.25) is 0 Å². The summed E-state index contributed by atoms with van der Waals surface area (Å²) in [5.41, 5.74) is 6.42.